The Labute approximate surface area is 148 Å². The average Bonchev–Trinajstić information content (AvgIpc) is 3.16. The summed E-state index contributed by atoms with van der Waals surface area (Å²) < 4.78 is 39.0. The van der Waals surface area contributed by atoms with Gasteiger partial charge in [0.1, 0.15) is 5.82 Å². The molecule has 0 aromatic heterocycles. The summed E-state index contributed by atoms with van der Waals surface area (Å²) in [6.45, 7) is 3.83. The Balaban J connectivity index is 1.48. The number of carbonyl (C=O) groups excluding carboxylic acids is 1. The molecule has 2 aliphatic rings. The van der Waals surface area contributed by atoms with Gasteiger partial charge in [-0.05, 0) is 42.5 Å². The van der Waals surface area contributed by atoms with Crippen LogP contribution < -0.4 is 5.32 Å². The number of halogens is 1. The summed E-state index contributed by atoms with van der Waals surface area (Å²) in [6.07, 6.45) is 0.815. The van der Waals surface area contributed by atoms with Gasteiger partial charge in [-0.3, -0.25) is 4.79 Å². The summed E-state index contributed by atoms with van der Waals surface area (Å²) in [7, 11) is -2.17. The fourth-order valence-electron chi connectivity index (χ4n) is 3.58. The Morgan fingerprint density at radius 1 is 1.24 bits per heavy atom. The molecule has 25 heavy (non-hydrogen) atoms. The minimum absolute atomic E-state index is 0.0580. The van der Waals surface area contributed by atoms with Crippen LogP contribution >= 0.6 is 0 Å². The molecule has 1 N–H and O–H groups in total. The molecule has 0 spiro atoms. The van der Waals surface area contributed by atoms with Crippen molar-refractivity contribution < 1.29 is 17.6 Å². The Hall–Kier alpha value is -1.51. The lowest BCUT2D eigenvalue weighted by Gasteiger charge is -2.20. The maximum atomic E-state index is 12.9. The zero-order valence-electron chi connectivity index (χ0n) is 14.3. The molecule has 6 nitrogen and oxygen atoms in total. The molecule has 0 aliphatic carbocycles. The molecule has 0 saturated carbocycles. The van der Waals surface area contributed by atoms with Crippen molar-refractivity contribution in [2.24, 2.45) is 11.8 Å². The number of benzene rings is 1. The summed E-state index contributed by atoms with van der Waals surface area (Å²) in [5.41, 5.74) is 0. The molecule has 2 heterocycles. The van der Waals surface area contributed by atoms with Gasteiger partial charge in [-0.2, -0.15) is 0 Å². The molecule has 1 amide bonds. The molecule has 3 rings (SSSR count). The molecular weight excluding hydrogens is 345 g/mol. The third-order valence-electron chi connectivity index (χ3n) is 5.13. The number of hydrogen-bond donors (Lipinski definition) is 1. The Morgan fingerprint density at radius 2 is 1.84 bits per heavy atom. The van der Waals surface area contributed by atoms with E-state index in [2.05, 4.69) is 5.32 Å². The predicted molar refractivity (Wildman–Crippen MR) is 91.9 cm³/mol. The number of carbonyl (C=O) groups is 1. The van der Waals surface area contributed by atoms with Gasteiger partial charge in [0.2, 0.25) is 15.9 Å². The zero-order chi connectivity index (χ0) is 18.0. The van der Waals surface area contributed by atoms with E-state index in [0.29, 0.717) is 24.7 Å². The fraction of sp³-hybridized carbons (Fsp3) is 0.588. The van der Waals surface area contributed by atoms with Gasteiger partial charge in [0.15, 0.2) is 0 Å². The number of hydrogen-bond acceptors (Lipinski definition) is 4. The van der Waals surface area contributed by atoms with Crippen LogP contribution in [0.5, 0.6) is 0 Å². The molecule has 2 aliphatic heterocycles. The van der Waals surface area contributed by atoms with E-state index < -0.39 is 15.8 Å². The molecule has 0 unspecified atom stereocenters. The molecule has 138 valence electrons. The predicted octanol–water partition coefficient (Wildman–Crippen LogP) is 0.904. The van der Waals surface area contributed by atoms with Crippen LogP contribution in [-0.4, -0.2) is 63.3 Å². The Kier molecular flexibility index (Phi) is 5.41. The van der Waals surface area contributed by atoms with Crippen LogP contribution in [0.25, 0.3) is 0 Å². The molecule has 2 saturated heterocycles. The second kappa shape index (κ2) is 7.39. The molecule has 0 bridgehead atoms. The van der Waals surface area contributed by atoms with E-state index in [1.165, 1.54) is 23.5 Å². The van der Waals surface area contributed by atoms with Gasteiger partial charge in [0.25, 0.3) is 0 Å². The van der Waals surface area contributed by atoms with Crippen LogP contribution in [0.1, 0.15) is 12.8 Å². The maximum absolute atomic E-state index is 12.9. The molecule has 2 atom stereocenters. The average molecular weight is 369 g/mol. The van der Waals surface area contributed by atoms with Gasteiger partial charge in [0, 0.05) is 46.2 Å². The number of sulfonamides is 1. The van der Waals surface area contributed by atoms with Crippen molar-refractivity contribution in [1.82, 2.24) is 14.5 Å². The summed E-state index contributed by atoms with van der Waals surface area (Å²) in [5.74, 6) is 0.746. The van der Waals surface area contributed by atoms with Crippen molar-refractivity contribution in [3.8, 4) is 0 Å². The van der Waals surface area contributed by atoms with E-state index in [9.17, 15) is 17.6 Å². The number of nitrogens with zero attached hydrogens (tertiary/aromatic N) is 2. The summed E-state index contributed by atoms with van der Waals surface area (Å²) >= 11 is 0. The number of fused-ring (bicyclic) bond motifs is 1. The normalized spacial score (nSPS) is 23.2. The molecular formula is C17H24FN3O3S. The molecule has 0 radical (unpaired) electrons. The lowest BCUT2D eigenvalue weighted by Crippen LogP contribution is -2.33. The van der Waals surface area contributed by atoms with Gasteiger partial charge in [-0.15, -0.1) is 0 Å². The second-order valence-electron chi connectivity index (χ2n) is 6.86. The highest BCUT2D eigenvalue weighted by molar-refractivity contribution is 7.89. The van der Waals surface area contributed by atoms with Crippen LogP contribution in [-0.2, 0) is 14.8 Å². The second-order valence-corrected chi connectivity index (χ2v) is 8.91. The lowest BCUT2D eigenvalue weighted by molar-refractivity contribution is -0.130. The first-order valence-corrected chi connectivity index (χ1v) is 10.0. The Bertz CT molecular complexity index is 711. The van der Waals surface area contributed by atoms with Crippen molar-refractivity contribution in [3.63, 3.8) is 0 Å². The van der Waals surface area contributed by atoms with E-state index in [1.54, 1.807) is 0 Å². The third kappa shape index (κ3) is 4.02. The first-order valence-electron chi connectivity index (χ1n) is 8.58. The zero-order valence-corrected chi connectivity index (χ0v) is 15.1. The maximum Gasteiger partial charge on any atom is 0.242 e. The van der Waals surface area contributed by atoms with Gasteiger partial charge >= 0.3 is 0 Å². The highest BCUT2D eigenvalue weighted by Gasteiger charge is 2.37. The van der Waals surface area contributed by atoms with Gasteiger partial charge < -0.3 is 10.2 Å². The van der Waals surface area contributed by atoms with E-state index in [-0.39, 0.29) is 17.3 Å². The van der Waals surface area contributed by atoms with Crippen molar-refractivity contribution in [2.75, 3.05) is 39.8 Å². The molecule has 8 heteroatoms. The first kappa shape index (κ1) is 18.3. The van der Waals surface area contributed by atoms with Gasteiger partial charge in [0.05, 0.1) is 4.90 Å². The van der Waals surface area contributed by atoms with Crippen molar-refractivity contribution >= 4 is 15.9 Å². The smallest absolute Gasteiger partial charge is 0.242 e. The topological polar surface area (TPSA) is 69.7 Å². The number of rotatable bonds is 6. The number of amides is 1. The number of nitrogens with one attached hydrogen (secondary N) is 1. The minimum Gasteiger partial charge on any atom is -0.342 e. The van der Waals surface area contributed by atoms with Gasteiger partial charge in [-0.25, -0.2) is 17.1 Å². The van der Waals surface area contributed by atoms with Crippen LogP contribution in [0.2, 0.25) is 0 Å². The SMILES string of the molecule is CN(CCCC(=O)N1C[C@H]2CNC[C@H]2C1)S(=O)(=O)c1ccc(F)cc1. The van der Waals surface area contributed by atoms with Crippen LogP contribution in [0, 0.1) is 17.7 Å². The van der Waals surface area contributed by atoms with Crippen molar-refractivity contribution in [3.05, 3.63) is 30.1 Å². The Morgan fingerprint density at radius 3 is 2.44 bits per heavy atom. The quantitative estimate of drug-likeness (QED) is 0.809. The third-order valence-corrected chi connectivity index (χ3v) is 7.00. The molecule has 1 aromatic carbocycles. The van der Waals surface area contributed by atoms with Gasteiger partial charge in [-0.1, -0.05) is 0 Å². The number of likely N-dealkylation sites (tertiary alicyclic amines) is 1. The molecule has 1 aromatic rings. The first-order chi connectivity index (χ1) is 11.9. The fourth-order valence-corrected chi connectivity index (χ4v) is 4.79. The van der Waals surface area contributed by atoms with E-state index in [0.717, 1.165) is 38.3 Å². The van der Waals surface area contributed by atoms with Crippen molar-refractivity contribution in [2.45, 2.75) is 17.7 Å². The summed E-state index contributed by atoms with van der Waals surface area (Å²) in [4.78, 5) is 14.3. The van der Waals surface area contributed by atoms with E-state index >= 15 is 0 Å². The largest absolute Gasteiger partial charge is 0.342 e. The van der Waals surface area contributed by atoms with Crippen LogP contribution in [0.15, 0.2) is 29.2 Å². The monoisotopic (exact) mass is 369 g/mol. The summed E-state index contributed by atoms with van der Waals surface area (Å²) in [5, 5.41) is 3.34. The van der Waals surface area contributed by atoms with E-state index in [4.69, 9.17) is 0 Å². The highest BCUT2D eigenvalue weighted by atomic mass is 32.2. The van der Waals surface area contributed by atoms with Crippen LogP contribution in [0.4, 0.5) is 4.39 Å². The summed E-state index contributed by atoms with van der Waals surface area (Å²) in [6, 6.07) is 4.76. The van der Waals surface area contributed by atoms with Crippen molar-refractivity contribution in [1.29, 1.82) is 0 Å². The van der Waals surface area contributed by atoms with E-state index in [1.807, 2.05) is 4.90 Å². The minimum atomic E-state index is -3.65. The standard InChI is InChI=1S/C17H24FN3O3S/c1-20(25(23,24)16-6-4-15(18)5-7-16)8-2-3-17(22)21-11-13-9-19-10-14(13)12-21/h4-7,13-14,19H,2-3,8-12H2,1H3/t13-,14+. The molecule has 2 fully saturated rings. The highest BCUT2D eigenvalue weighted by Crippen LogP contribution is 2.26. The lowest BCUT2D eigenvalue weighted by atomic mass is 10.0. The van der Waals surface area contributed by atoms with Crippen LogP contribution in [0.3, 0.4) is 0 Å².